The first kappa shape index (κ1) is 13.9. The van der Waals surface area contributed by atoms with Crippen molar-refractivity contribution in [2.75, 3.05) is 0 Å². The number of hydrogen-bond donors (Lipinski definition) is 1. The summed E-state index contributed by atoms with van der Waals surface area (Å²) in [7, 11) is 2.03. The molecule has 3 rings (SSSR count). The van der Waals surface area contributed by atoms with Gasteiger partial charge >= 0.3 is 5.97 Å². The highest BCUT2D eigenvalue weighted by Gasteiger charge is 2.25. The molecule has 0 amide bonds. The Balaban J connectivity index is 2.24. The molecule has 1 aliphatic carbocycles. The van der Waals surface area contributed by atoms with Crippen LogP contribution < -0.4 is 0 Å². The van der Waals surface area contributed by atoms with E-state index in [-0.39, 0.29) is 0 Å². The van der Waals surface area contributed by atoms with Gasteiger partial charge in [0, 0.05) is 30.1 Å². The average molecular weight is 283 g/mol. The van der Waals surface area contributed by atoms with Crippen molar-refractivity contribution in [3.05, 3.63) is 47.7 Å². The number of carboxylic acids is 1. The summed E-state index contributed by atoms with van der Waals surface area (Å²) in [5.41, 5.74) is 4.08. The van der Waals surface area contributed by atoms with E-state index in [1.165, 1.54) is 42.3 Å². The van der Waals surface area contributed by atoms with E-state index in [1.54, 1.807) is 12.1 Å². The van der Waals surface area contributed by atoms with Crippen LogP contribution in [0.4, 0.5) is 0 Å². The maximum Gasteiger partial charge on any atom is 0.335 e. The van der Waals surface area contributed by atoms with Gasteiger partial charge < -0.3 is 9.67 Å². The molecule has 3 heteroatoms. The molecule has 21 heavy (non-hydrogen) atoms. The maximum atomic E-state index is 11.2. The first-order valence-corrected chi connectivity index (χ1v) is 7.59. The number of carboxylic acid groups (broad SMARTS) is 1. The summed E-state index contributed by atoms with van der Waals surface area (Å²) in [5.74, 6) is -0.259. The van der Waals surface area contributed by atoms with Crippen molar-refractivity contribution in [2.45, 2.75) is 38.0 Å². The molecule has 1 aliphatic rings. The lowest BCUT2D eigenvalue weighted by atomic mass is 9.93. The third-order valence-corrected chi connectivity index (χ3v) is 4.71. The van der Waals surface area contributed by atoms with Gasteiger partial charge in [0.05, 0.1) is 5.56 Å². The first-order valence-electron chi connectivity index (χ1n) is 7.59. The minimum Gasteiger partial charge on any atom is -0.478 e. The normalized spacial score (nSPS) is 15.7. The van der Waals surface area contributed by atoms with Crippen LogP contribution in [0, 0.1) is 0 Å². The highest BCUT2D eigenvalue weighted by molar-refractivity contribution is 5.95. The molecular weight excluding hydrogens is 262 g/mol. The quantitative estimate of drug-likeness (QED) is 0.852. The van der Waals surface area contributed by atoms with E-state index in [9.17, 15) is 9.90 Å². The Kier molecular flexibility index (Phi) is 3.58. The molecule has 1 N–H and O–H groups in total. The van der Waals surface area contributed by atoms with Gasteiger partial charge in [-0.25, -0.2) is 4.79 Å². The summed E-state index contributed by atoms with van der Waals surface area (Å²) >= 11 is 0. The summed E-state index contributed by atoms with van der Waals surface area (Å²) in [4.78, 5) is 11.2. The lowest BCUT2D eigenvalue weighted by molar-refractivity contribution is 0.0697. The van der Waals surface area contributed by atoms with E-state index in [1.807, 2.05) is 19.2 Å². The topological polar surface area (TPSA) is 42.2 Å². The smallest absolute Gasteiger partial charge is 0.335 e. The summed E-state index contributed by atoms with van der Waals surface area (Å²) in [6, 6.07) is 5.50. The fourth-order valence-electron chi connectivity index (χ4n) is 3.71. The predicted octanol–water partition coefficient (Wildman–Crippen LogP) is 4.26. The molecule has 110 valence electrons. The highest BCUT2D eigenvalue weighted by atomic mass is 16.4. The summed E-state index contributed by atoms with van der Waals surface area (Å²) < 4.78 is 2.15. The Morgan fingerprint density at radius 3 is 2.76 bits per heavy atom. The fraction of sp³-hybridized carbons (Fsp3) is 0.389. The van der Waals surface area contributed by atoms with Crippen molar-refractivity contribution in [1.82, 2.24) is 4.57 Å². The molecule has 0 bridgehead atoms. The Hall–Kier alpha value is -2.03. The zero-order chi connectivity index (χ0) is 15.0. The number of aromatic nitrogens is 1. The summed E-state index contributed by atoms with van der Waals surface area (Å²) in [5, 5.41) is 10.4. The minimum atomic E-state index is -0.870. The predicted molar refractivity (Wildman–Crippen MR) is 85.0 cm³/mol. The van der Waals surface area contributed by atoms with E-state index in [0.29, 0.717) is 11.5 Å². The van der Waals surface area contributed by atoms with Crippen molar-refractivity contribution >= 4 is 16.9 Å². The molecule has 0 atom stereocenters. The fourth-order valence-corrected chi connectivity index (χ4v) is 3.71. The molecule has 1 heterocycles. The number of hydrogen-bond acceptors (Lipinski definition) is 1. The van der Waals surface area contributed by atoms with Gasteiger partial charge in [0.25, 0.3) is 0 Å². The van der Waals surface area contributed by atoms with Crippen LogP contribution in [0.5, 0.6) is 0 Å². The van der Waals surface area contributed by atoms with Crippen LogP contribution >= 0.6 is 0 Å². The van der Waals surface area contributed by atoms with Crippen molar-refractivity contribution < 1.29 is 9.90 Å². The molecule has 0 radical (unpaired) electrons. The Morgan fingerprint density at radius 2 is 2.14 bits per heavy atom. The standard InChI is InChI=1S/C18H21NO2/c1-3-6-15-17(12-7-4-5-8-12)14-10-9-13(18(20)21)11-16(14)19(15)2/h3,9-12H,1,4-8H2,2H3,(H,20,21). The van der Waals surface area contributed by atoms with Gasteiger partial charge in [0.2, 0.25) is 0 Å². The molecule has 3 nitrogen and oxygen atoms in total. The molecule has 1 aromatic heterocycles. The van der Waals surface area contributed by atoms with Gasteiger partial charge in [0.15, 0.2) is 0 Å². The molecule has 2 aromatic rings. The molecule has 1 saturated carbocycles. The average Bonchev–Trinajstić information content (AvgIpc) is 3.07. The van der Waals surface area contributed by atoms with Gasteiger partial charge in [-0.05, 0) is 36.5 Å². The van der Waals surface area contributed by atoms with E-state index >= 15 is 0 Å². The number of carbonyl (C=O) groups is 1. The van der Waals surface area contributed by atoms with Crippen LogP contribution in [-0.4, -0.2) is 15.6 Å². The van der Waals surface area contributed by atoms with Crippen LogP contribution in [0.15, 0.2) is 30.9 Å². The number of fused-ring (bicyclic) bond motifs is 1. The zero-order valence-electron chi connectivity index (χ0n) is 12.4. The first-order chi connectivity index (χ1) is 10.1. The van der Waals surface area contributed by atoms with Gasteiger partial charge in [-0.1, -0.05) is 25.0 Å². The Bertz CT molecular complexity index is 706. The largest absolute Gasteiger partial charge is 0.478 e. The molecule has 0 saturated heterocycles. The van der Waals surface area contributed by atoms with Crippen LogP contribution in [0.25, 0.3) is 10.9 Å². The zero-order valence-corrected chi connectivity index (χ0v) is 12.4. The Labute approximate surface area is 124 Å². The van der Waals surface area contributed by atoms with Gasteiger partial charge in [-0.3, -0.25) is 0 Å². The minimum absolute atomic E-state index is 0.353. The second-order valence-electron chi connectivity index (χ2n) is 5.93. The van der Waals surface area contributed by atoms with Crippen LogP contribution in [0.1, 0.15) is 53.2 Å². The van der Waals surface area contributed by atoms with Crippen LogP contribution in [0.2, 0.25) is 0 Å². The number of nitrogens with zero attached hydrogens (tertiary/aromatic N) is 1. The molecule has 1 aromatic carbocycles. The van der Waals surface area contributed by atoms with Gasteiger partial charge in [-0.2, -0.15) is 0 Å². The van der Waals surface area contributed by atoms with Crippen molar-refractivity contribution in [2.24, 2.45) is 7.05 Å². The Morgan fingerprint density at radius 1 is 1.43 bits per heavy atom. The maximum absolute atomic E-state index is 11.2. The SMILES string of the molecule is C=CCc1c(C2CCCC2)c2ccc(C(=O)O)cc2n1C. The van der Waals surface area contributed by atoms with E-state index < -0.39 is 5.97 Å². The van der Waals surface area contributed by atoms with E-state index in [4.69, 9.17) is 0 Å². The monoisotopic (exact) mass is 283 g/mol. The van der Waals surface area contributed by atoms with Gasteiger partial charge in [0.1, 0.15) is 0 Å². The summed E-state index contributed by atoms with van der Waals surface area (Å²) in [6.45, 7) is 3.87. The molecule has 1 fully saturated rings. The van der Waals surface area contributed by atoms with Crippen molar-refractivity contribution in [3.8, 4) is 0 Å². The number of benzene rings is 1. The third-order valence-electron chi connectivity index (χ3n) is 4.71. The molecule has 0 aliphatic heterocycles. The van der Waals surface area contributed by atoms with Crippen LogP contribution in [0.3, 0.4) is 0 Å². The van der Waals surface area contributed by atoms with Gasteiger partial charge in [-0.15, -0.1) is 6.58 Å². The second-order valence-corrected chi connectivity index (χ2v) is 5.93. The van der Waals surface area contributed by atoms with Crippen LogP contribution in [-0.2, 0) is 13.5 Å². The van der Waals surface area contributed by atoms with E-state index in [2.05, 4.69) is 11.1 Å². The van der Waals surface area contributed by atoms with Crippen molar-refractivity contribution in [1.29, 1.82) is 0 Å². The van der Waals surface area contributed by atoms with E-state index in [0.717, 1.165) is 11.9 Å². The van der Waals surface area contributed by atoms with Crippen molar-refractivity contribution in [3.63, 3.8) is 0 Å². The number of rotatable bonds is 4. The highest BCUT2D eigenvalue weighted by Crippen LogP contribution is 2.41. The summed E-state index contributed by atoms with van der Waals surface area (Å²) in [6.07, 6.45) is 7.83. The second kappa shape index (κ2) is 5.40. The lowest BCUT2D eigenvalue weighted by Crippen LogP contribution is -2.01. The number of aromatic carboxylic acids is 1. The molecule has 0 spiro atoms. The number of allylic oxidation sites excluding steroid dienone is 1. The number of aryl methyl sites for hydroxylation is 1. The lowest BCUT2D eigenvalue weighted by Gasteiger charge is -2.12. The third kappa shape index (κ3) is 2.27. The molecular formula is C18H21NO2. The molecule has 0 unspecified atom stereocenters.